The number of anilines is 1. The minimum Gasteiger partial charge on any atom is -0.327 e. The molecule has 1 aliphatic rings. The number of nitrogens with zero attached hydrogens (tertiary/aromatic N) is 1. The van der Waals surface area contributed by atoms with Gasteiger partial charge in [-0.05, 0) is 31.9 Å². The van der Waals surface area contributed by atoms with Gasteiger partial charge >= 0.3 is 0 Å². The topological polar surface area (TPSA) is 68.0 Å². The summed E-state index contributed by atoms with van der Waals surface area (Å²) in [5, 5.41) is 3.30. The zero-order valence-corrected chi connectivity index (χ0v) is 10.5. The molecule has 5 heteroatoms. The van der Waals surface area contributed by atoms with Crippen molar-refractivity contribution < 1.29 is 4.79 Å². The number of hydrogen-bond donors (Lipinski definition) is 2. The van der Waals surface area contributed by atoms with Gasteiger partial charge in [-0.1, -0.05) is 18.0 Å². The van der Waals surface area contributed by atoms with E-state index in [-0.39, 0.29) is 17.9 Å². The Labute approximate surface area is 106 Å². The molecule has 1 aromatic heterocycles. The number of nitrogens with one attached hydrogen (secondary N) is 1. The van der Waals surface area contributed by atoms with Gasteiger partial charge in [0.1, 0.15) is 5.15 Å². The Morgan fingerprint density at radius 3 is 2.88 bits per heavy atom. The fourth-order valence-electron chi connectivity index (χ4n) is 2.20. The first-order valence-corrected chi connectivity index (χ1v) is 6.15. The molecule has 1 saturated carbocycles. The molecule has 0 saturated heterocycles. The number of carbonyl (C=O) groups is 1. The first kappa shape index (κ1) is 12.3. The monoisotopic (exact) mass is 253 g/mol. The highest BCUT2D eigenvalue weighted by molar-refractivity contribution is 6.29. The summed E-state index contributed by atoms with van der Waals surface area (Å²) in [6, 6.07) is 3.41. The van der Waals surface area contributed by atoms with E-state index in [4.69, 9.17) is 17.3 Å². The van der Waals surface area contributed by atoms with Crippen molar-refractivity contribution in [1.82, 2.24) is 4.98 Å². The third kappa shape index (κ3) is 2.76. The molecule has 3 N–H and O–H groups in total. The third-order valence-corrected chi connectivity index (χ3v) is 3.43. The summed E-state index contributed by atoms with van der Waals surface area (Å²) in [7, 11) is 0. The molecule has 92 valence electrons. The van der Waals surface area contributed by atoms with Crippen LogP contribution in [0.15, 0.2) is 12.1 Å². The van der Waals surface area contributed by atoms with Gasteiger partial charge in [0, 0.05) is 6.04 Å². The summed E-state index contributed by atoms with van der Waals surface area (Å²) in [6.45, 7) is 1.82. The van der Waals surface area contributed by atoms with Crippen LogP contribution in [0.2, 0.25) is 5.15 Å². The highest BCUT2D eigenvalue weighted by Gasteiger charge is 2.30. The van der Waals surface area contributed by atoms with Crippen LogP contribution < -0.4 is 11.1 Å². The van der Waals surface area contributed by atoms with Gasteiger partial charge in [-0.3, -0.25) is 4.79 Å². The Morgan fingerprint density at radius 2 is 2.29 bits per heavy atom. The molecular formula is C12H16ClN3O. The fraction of sp³-hybridized carbons (Fsp3) is 0.500. The molecule has 1 aliphatic carbocycles. The molecule has 0 bridgehead atoms. The molecule has 0 aromatic carbocycles. The maximum Gasteiger partial charge on any atom is 0.229 e. The molecule has 17 heavy (non-hydrogen) atoms. The summed E-state index contributed by atoms with van der Waals surface area (Å²) < 4.78 is 0. The van der Waals surface area contributed by atoms with Crippen molar-refractivity contribution in [1.29, 1.82) is 0 Å². The van der Waals surface area contributed by atoms with Crippen LogP contribution in [0.4, 0.5) is 5.69 Å². The van der Waals surface area contributed by atoms with E-state index in [1.165, 1.54) is 0 Å². The van der Waals surface area contributed by atoms with E-state index in [2.05, 4.69) is 10.3 Å². The average molecular weight is 254 g/mol. The van der Waals surface area contributed by atoms with Crippen LogP contribution in [0.3, 0.4) is 0 Å². The van der Waals surface area contributed by atoms with E-state index in [0.717, 1.165) is 25.0 Å². The van der Waals surface area contributed by atoms with Crippen LogP contribution in [0.1, 0.15) is 25.0 Å². The first-order chi connectivity index (χ1) is 8.08. The fourth-order valence-corrected chi connectivity index (χ4v) is 2.39. The molecule has 0 spiro atoms. The Hall–Kier alpha value is -1.13. The minimum absolute atomic E-state index is 0.0118. The van der Waals surface area contributed by atoms with Crippen molar-refractivity contribution in [3.8, 4) is 0 Å². The highest BCUT2D eigenvalue weighted by Crippen LogP contribution is 2.26. The van der Waals surface area contributed by atoms with Crippen LogP contribution in [-0.2, 0) is 4.79 Å². The number of aryl methyl sites for hydroxylation is 1. The number of halogens is 1. The van der Waals surface area contributed by atoms with Gasteiger partial charge in [-0.2, -0.15) is 0 Å². The van der Waals surface area contributed by atoms with Crippen molar-refractivity contribution in [3.05, 3.63) is 23.0 Å². The van der Waals surface area contributed by atoms with Crippen molar-refractivity contribution in [2.75, 3.05) is 5.32 Å². The molecule has 1 fully saturated rings. The number of aromatic nitrogens is 1. The van der Waals surface area contributed by atoms with Gasteiger partial charge in [-0.25, -0.2) is 4.98 Å². The molecule has 1 aromatic rings. The lowest BCUT2D eigenvalue weighted by Gasteiger charge is -2.15. The maximum absolute atomic E-state index is 12.0. The molecule has 2 rings (SSSR count). The van der Waals surface area contributed by atoms with Crippen molar-refractivity contribution in [2.24, 2.45) is 11.7 Å². The number of pyridine rings is 1. The predicted molar refractivity (Wildman–Crippen MR) is 67.9 cm³/mol. The second kappa shape index (κ2) is 5.02. The summed E-state index contributed by atoms with van der Waals surface area (Å²) in [5.41, 5.74) is 7.32. The lowest BCUT2D eigenvalue weighted by Crippen LogP contribution is -2.34. The number of rotatable bonds is 2. The number of carbonyl (C=O) groups excluding carboxylic acids is 1. The van der Waals surface area contributed by atoms with Gasteiger partial charge < -0.3 is 11.1 Å². The standard InChI is InChI=1S/C12H16ClN3O/c1-7-10(5-6-11(13)15-7)16-12(17)8-3-2-4-9(8)14/h5-6,8-9H,2-4,14H2,1H3,(H,16,17). The van der Waals surface area contributed by atoms with E-state index < -0.39 is 0 Å². The average Bonchev–Trinajstić information content (AvgIpc) is 2.68. The maximum atomic E-state index is 12.0. The van der Waals surface area contributed by atoms with Crippen molar-refractivity contribution in [3.63, 3.8) is 0 Å². The van der Waals surface area contributed by atoms with E-state index in [1.807, 2.05) is 6.92 Å². The zero-order chi connectivity index (χ0) is 12.4. The molecule has 1 heterocycles. The second-order valence-electron chi connectivity index (χ2n) is 4.46. The van der Waals surface area contributed by atoms with Crippen LogP contribution in [0, 0.1) is 12.8 Å². The van der Waals surface area contributed by atoms with Crippen molar-refractivity contribution >= 4 is 23.2 Å². The van der Waals surface area contributed by atoms with Gasteiger partial charge in [0.2, 0.25) is 5.91 Å². The Kier molecular flexibility index (Phi) is 3.64. The zero-order valence-electron chi connectivity index (χ0n) is 9.74. The number of nitrogens with two attached hydrogens (primary N) is 1. The molecule has 2 atom stereocenters. The summed E-state index contributed by atoms with van der Waals surface area (Å²) in [6.07, 6.45) is 2.82. The molecule has 0 aliphatic heterocycles. The first-order valence-electron chi connectivity index (χ1n) is 5.77. The number of hydrogen-bond acceptors (Lipinski definition) is 3. The summed E-state index contributed by atoms with van der Waals surface area (Å²) >= 11 is 5.76. The summed E-state index contributed by atoms with van der Waals surface area (Å²) in [4.78, 5) is 16.1. The van der Waals surface area contributed by atoms with Gasteiger partial charge in [0.15, 0.2) is 0 Å². The Balaban J connectivity index is 2.07. The second-order valence-corrected chi connectivity index (χ2v) is 4.84. The summed E-state index contributed by atoms with van der Waals surface area (Å²) in [5.74, 6) is -0.0905. The van der Waals surface area contributed by atoms with Gasteiger partial charge in [0.25, 0.3) is 0 Å². The highest BCUT2D eigenvalue weighted by atomic mass is 35.5. The molecule has 4 nitrogen and oxygen atoms in total. The molecular weight excluding hydrogens is 238 g/mol. The SMILES string of the molecule is Cc1nc(Cl)ccc1NC(=O)C1CCCC1N. The smallest absolute Gasteiger partial charge is 0.229 e. The molecule has 1 amide bonds. The largest absolute Gasteiger partial charge is 0.327 e. The van der Waals surface area contributed by atoms with Crippen LogP contribution in [-0.4, -0.2) is 16.9 Å². The molecule has 2 unspecified atom stereocenters. The van der Waals surface area contributed by atoms with E-state index in [1.54, 1.807) is 12.1 Å². The van der Waals surface area contributed by atoms with E-state index in [9.17, 15) is 4.79 Å². The Bertz CT molecular complexity index is 436. The lowest BCUT2D eigenvalue weighted by atomic mass is 10.0. The quantitative estimate of drug-likeness (QED) is 0.794. The van der Waals surface area contributed by atoms with Gasteiger partial charge in [0.05, 0.1) is 17.3 Å². The van der Waals surface area contributed by atoms with Crippen LogP contribution >= 0.6 is 11.6 Å². The minimum atomic E-state index is -0.0786. The van der Waals surface area contributed by atoms with E-state index in [0.29, 0.717) is 10.8 Å². The normalized spacial score (nSPS) is 23.7. The molecule has 0 radical (unpaired) electrons. The van der Waals surface area contributed by atoms with Crippen molar-refractivity contribution in [2.45, 2.75) is 32.2 Å². The predicted octanol–water partition coefficient (Wildman–Crippen LogP) is 2.11. The van der Waals surface area contributed by atoms with E-state index >= 15 is 0 Å². The van der Waals surface area contributed by atoms with Crippen LogP contribution in [0.5, 0.6) is 0 Å². The third-order valence-electron chi connectivity index (χ3n) is 3.22. The van der Waals surface area contributed by atoms with Crippen LogP contribution in [0.25, 0.3) is 0 Å². The number of amides is 1. The lowest BCUT2D eigenvalue weighted by molar-refractivity contribution is -0.120. The van der Waals surface area contributed by atoms with Gasteiger partial charge in [-0.15, -0.1) is 0 Å². The Morgan fingerprint density at radius 1 is 1.53 bits per heavy atom.